The summed E-state index contributed by atoms with van der Waals surface area (Å²) in [6, 6.07) is 14.8. The first-order valence-corrected chi connectivity index (χ1v) is 10.5. The third kappa shape index (κ3) is 4.19. The Morgan fingerprint density at radius 1 is 1.19 bits per heavy atom. The molecule has 1 saturated heterocycles. The number of thiocarbonyl (C=S) groups is 1. The van der Waals surface area contributed by atoms with Gasteiger partial charge in [-0.2, -0.15) is 0 Å². The van der Waals surface area contributed by atoms with Gasteiger partial charge in [-0.3, -0.25) is 9.78 Å². The average molecular weight is 452 g/mol. The van der Waals surface area contributed by atoms with Gasteiger partial charge in [0, 0.05) is 11.8 Å². The van der Waals surface area contributed by atoms with E-state index in [1.807, 2.05) is 18.2 Å². The topological polar surface area (TPSA) is 105 Å². The van der Waals surface area contributed by atoms with Crippen LogP contribution < -0.4 is 5.32 Å². The van der Waals surface area contributed by atoms with Gasteiger partial charge in [-0.1, -0.05) is 24.3 Å². The number of aromatic carboxylic acids is 1. The van der Waals surface area contributed by atoms with E-state index in [2.05, 4.69) is 10.3 Å². The molecule has 32 heavy (non-hydrogen) atoms. The summed E-state index contributed by atoms with van der Waals surface area (Å²) in [4.78, 5) is 30.0. The van der Waals surface area contributed by atoms with E-state index < -0.39 is 18.0 Å². The lowest BCUT2D eigenvalue weighted by atomic mass is 10.0. The maximum Gasteiger partial charge on any atom is 0.336 e. The van der Waals surface area contributed by atoms with Crippen LogP contribution in [0.25, 0.3) is 11.3 Å². The molecular formula is C23H21N3O5S. The third-order valence-corrected chi connectivity index (χ3v) is 5.50. The minimum absolute atomic E-state index is 0.0601. The molecule has 164 valence electrons. The molecule has 0 radical (unpaired) electrons. The van der Waals surface area contributed by atoms with Gasteiger partial charge >= 0.3 is 11.9 Å². The zero-order valence-electron chi connectivity index (χ0n) is 17.2. The smallest absolute Gasteiger partial charge is 0.336 e. The molecule has 3 heterocycles. The summed E-state index contributed by atoms with van der Waals surface area (Å²) in [5.74, 6) is -0.525. The van der Waals surface area contributed by atoms with Crippen molar-refractivity contribution in [3.63, 3.8) is 0 Å². The molecule has 2 aromatic heterocycles. The normalized spacial score (nSPS) is 17.8. The molecule has 1 fully saturated rings. The first kappa shape index (κ1) is 21.5. The van der Waals surface area contributed by atoms with E-state index in [1.165, 1.54) is 6.07 Å². The Morgan fingerprint density at radius 2 is 1.97 bits per heavy atom. The second-order valence-electron chi connectivity index (χ2n) is 7.11. The summed E-state index contributed by atoms with van der Waals surface area (Å²) < 4.78 is 11.2. The van der Waals surface area contributed by atoms with Gasteiger partial charge in [-0.05, 0) is 49.5 Å². The molecule has 1 aliphatic rings. The third-order valence-electron chi connectivity index (χ3n) is 5.14. The van der Waals surface area contributed by atoms with Crippen LogP contribution in [0, 0.1) is 0 Å². The van der Waals surface area contributed by atoms with Gasteiger partial charge in [-0.15, -0.1) is 0 Å². The van der Waals surface area contributed by atoms with Crippen LogP contribution in [0.15, 0.2) is 65.2 Å². The number of furan rings is 1. The van der Waals surface area contributed by atoms with Gasteiger partial charge < -0.3 is 24.5 Å². The van der Waals surface area contributed by atoms with Gasteiger partial charge in [0.05, 0.1) is 23.9 Å². The Kier molecular flexibility index (Phi) is 6.18. The molecule has 9 heteroatoms. The molecule has 4 rings (SSSR count). The Bertz CT molecular complexity index is 1150. The summed E-state index contributed by atoms with van der Waals surface area (Å²) in [6.45, 7) is 1.94. The van der Waals surface area contributed by atoms with Gasteiger partial charge in [-0.25, -0.2) is 4.79 Å². The SMILES string of the molecule is CCOC(=O)CN1C(=S)N[C@H](c2ccccn2)[C@H]1c1ccc(-c2ccccc2C(=O)O)o1. The van der Waals surface area contributed by atoms with Crippen molar-refractivity contribution in [1.29, 1.82) is 0 Å². The first-order valence-electron chi connectivity index (χ1n) is 10.1. The maximum atomic E-state index is 12.2. The van der Waals surface area contributed by atoms with E-state index in [4.69, 9.17) is 21.4 Å². The molecule has 0 amide bonds. The molecule has 0 spiro atoms. The molecule has 0 bridgehead atoms. The van der Waals surface area contributed by atoms with Gasteiger partial charge in [0.15, 0.2) is 5.11 Å². The number of hydrogen-bond donors (Lipinski definition) is 2. The van der Waals surface area contributed by atoms with Crippen molar-refractivity contribution in [2.75, 3.05) is 13.2 Å². The maximum absolute atomic E-state index is 12.2. The van der Waals surface area contributed by atoms with E-state index in [1.54, 1.807) is 48.4 Å². The molecule has 8 nitrogen and oxygen atoms in total. The van der Waals surface area contributed by atoms with Crippen molar-refractivity contribution in [3.8, 4) is 11.3 Å². The highest BCUT2D eigenvalue weighted by molar-refractivity contribution is 7.80. The Hall–Kier alpha value is -3.72. The monoisotopic (exact) mass is 451 g/mol. The average Bonchev–Trinajstić information content (AvgIpc) is 3.39. The number of rotatable bonds is 7. The number of ether oxygens (including phenoxy) is 1. The number of nitrogens with zero attached hydrogens (tertiary/aromatic N) is 2. The predicted octanol–water partition coefficient (Wildman–Crippen LogP) is 3.58. The lowest BCUT2D eigenvalue weighted by Gasteiger charge is -2.25. The fourth-order valence-electron chi connectivity index (χ4n) is 3.77. The number of hydrogen-bond acceptors (Lipinski definition) is 6. The van der Waals surface area contributed by atoms with E-state index >= 15 is 0 Å². The number of aromatic nitrogens is 1. The van der Waals surface area contributed by atoms with E-state index in [-0.39, 0.29) is 24.8 Å². The lowest BCUT2D eigenvalue weighted by molar-refractivity contribution is -0.143. The van der Waals surface area contributed by atoms with Gasteiger partial charge in [0.2, 0.25) is 0 Å². The van der Waals surface area contributed by atoms with Crippen LogP contribution in [0.5, 0.6) is 0 Å². The van der Waals surface area contributed by atoms with Crippen molar-refractivity contribution in [3.05, 3.63) is 77.8 Å². The number of carbonyl (C=O) groups is 2. The molecule has 1 aliphatic heterocycles. The minimum atomic E-state index is -1.04. The van der Waals surface area contributed by atoms with Crippen molar-refractivity contribution >= 4 is 29.3 Å². The zero-order chi connectivity index (χ0) is 22.7. The molecule has 2 N–H and O–H groups in total. The summed E-state index contributed by atoms with van der Waals surface area (Å²) in [5, 5.41) is 13.1. The van der Waals surface area contributed by atoms with Crippen LogP contribution in [0.1, 0.15) is 40.8 Å². The summed E-state index contributed by atoms with van der Waals surface area (Å²) in [7, 11) is 0. The fraction of sp³-hybridized carbons (Fsp3) is 0.217. The van der Waals surface area contributed by atoms with Gasteiger partial charge in [0.25, 0.3) is 0 Å². The lowest BCUT2D eigenvalue weighted by Crippen LogP contribution is -2.35. The highest BCUT2D eigenvalue weighted by atomic mass is 32.1. The molecule has 0 unspecified atom stereocenters. The van der Waals surface area contributed by atoms with Crippen LogP contribution in [-0.2, 0) is 9.53 Å². The van der Waals surface area contributed by atoms with Crippen LogP contribution in [-0.4, -0.2) is 45.2 Å². The van der Waals surface area contributed by atoms with Crippen molar-refractivity contribution in [2.45, 2.75) is 19.0 Å². The number of carboxylic acid groups (broad SMARTS) is 1. The highest BCUT2D eigenvalue weighted by Crippen LogP contribution is 2.40. The van der Waals surface area contributed by atoms with Crippen molar-refractivity contribution in [2.24, 2.45) is 0 Å². The minimum Gasteiger partial charge on any atom is -0.478 e. The molecule has 3 aromatic rings. The molecular weight excluding hydrogens is 430 g/mol. The molecule has 2 atom stereocenters. The number of carboxylic acids is 1. The van der Waals surface area contributed by atoms with E-state index in [0.29, 0.717) is 22.2 Å². The van der Waals surface area contributed by atoms with Crippen LogP contribution in [0.2, 0.25) is 0 Å². The second kappa shape index (κ2) is 9.19. The van der Waals surface area contributed by atoms with Crippen molar-refractivity contribution in [1.82, 2.24) is 15.2 Å². The molecule has 1 aromatic carbocycles. The number of carbonyl (C=O) groups excluding carboxylic acids is 1. The number of pyridine rings is 1. The number of esters is 1. The van der Waals surface area contributed by atoms with Gasteiger partial charge in [0.1, 0.15) is 24.1 Å². The quantitative estimate of drug-likeness (QED) is 0.412. The first-order chi connectivity index (χ1) is 15.5. The van der Waals surface area contributed by atoms with Crippen LogP contribution >= 0.6 is 12.2 Å². The summed E-state index contributed by atoms with van der Waals surface area (Å²) in [5.41, 5.74) is 1.33. The van der Waals surface area contributed by atoms with Crippen molar-refractivity contribution < 1.29 is 23.8 Å². The van der Waals surface area contributed by atoms with E-state index in [9.17, 15) is 14.7 Å². The molecule has 0 saturated carbocycles. The Balaban J connectivity index is 1.74. The predicted molar refractivity (Wildman–Crippen MR) is 120 cm³/mol. The summed E-state index contributed by atoms with van der Waals surface area (Å²) in [6.07, 6.45) is 1.68. The fourth-order valence-corrected chi connectivity index (χ4v) is 4.08. The Morgan fingerprint density at radius 3 is 2.69 bits per heavy atom. The largest absolute Gasteiger partial charge is 0.478 e. The second-order valence-corrected chi connectivity index (χ2v) is 7.50. The zero-order valence-corrected chi connectivity index (χ0v) is 18.0. The number of nitrogens with one attached hydrogen (secondary N) is 1. The molecule has 0 aliphatic carbocycles. The standard InChI is InChI=1S/C23H21N3O5S/c1-2-30-19(27)13-26-21(20(25-23(26)32)16-9-5-6-12-24-16)18-11-10-17(31-18)14-7-3-4-8-15(14)22(28)29/h3-12,20-21H,2,13H2,1H3,(H,25,32)(H,28,29)/t20-,21-/m1/s1. The van der Waals surface area contributed by atoms with E-state index in [0.717, 1.165) is 5.69 Å². The van der Waals surface area contributed by atoms with Crippen LogP contribution in [0.4, 0.5) is 0 Å². The summed E-state index contributed by atoms with van der Waals surface area (Å²) >= 11 is 5.51. The number of benzene rings is 1. The Labute approximate surface area is 189 Å². The highest BCUT2D eigenvalue weighted by Gasteiger charge is 2.42. The van der Waals surface area contributed by atoms with Crippen LogP contribution in [0.3, 0.4) is 0 Å².